The molecule has 0 spiro atoms. The predicted octanol–water partition coefficient (Wildman–Crippen LogP) is 3.24. The molecular weight excluding hydrogens is 282 g/mol. The molecule has 1 fully saturated rings. The molecular formula is C14H12ClNO4. The zero-order valence-electron chi connectivity index (χ0n) is 10.4. The number of allylic oxidation sites excluding steroid dienone is 2. The number of nitro groups is 1. The number of carbonyl (C=O) groups is 1. The van der Waals surface area contributed by atoms with E-state index in [2.05, 4.69) is 0 Å². The Morgan fingerprint density at radius 3 is 2.70 bits per heavy atom. The number of hydrogen-bond acceptors (Lipinski definition) is 3. The fourth-order valence-electron chi connectivity index (χ4n) is 3.49. The number of aliphatic carboxylic acids is 1. The van der Waals surface area contributed by atoms with Crippen molar-refractivity contribution in [3.63, 3.8) is 0 Å². The van der Waals surface area contributed by atoms with Crippen molar-refractivity contribution in [3.8, 4) is 0 Å². The summed E-state index contributed by atoms with van der Waals surface area (Å²) in [5.74, 6) is -1.40. The Hall–Kier alpha value is -1.88. The van der Waals surface area contributed by atoms with E-state index in [0.717, 1.165) is 6.42 Å². The average molecular weight is 294 g/mol. The SMILES string of the molecule is O=C(O)C1C2C=CC(C2)C1c1ccc(Cl)c([N+](=O)[O-])c1. The predicted molar refractivity (Wildman–Crippen MR) is 72.7 cm³/mol. The second-order valence-corrected chi connectivity index (χ2v) is 5.71. The molecule has 1 saturated carbocycles. The van der Waals surface area contributed by atoms with Crippen molar-refractivity contribution in [1.82, 2.24) is 0 Å². The lowest BCUT2D eigenvalue weighted by Crippen LogP contribution is -2.25. The highest BCUT2D eigenvalue weighted by atomic mass is 35.5. The molecule has 5 nitrogen and oxygen atoms in total. The first-order valence-electron chi connectivity index (χ1n) is 6.34. The molecule has 0 heterocycles. The van der Waals surface area contributed by atoms with Crippen LogP contribution in [0.15, 0.2) is 30.4 Å². The van der Waals surface area contributed by atoms with Crippen molar-refractivity contribution in [2.24, 2.45) is 17.8 Å². The van der Waals surface area contributed by atoms with Gasteiger partial charge in [0.2, 0.25) is 0 Å². The maximum Gasteiger partial charge on any atom is 0.307 e. The molecule has 1 aromatic rings. The number of rotatable bonds is 3. The number of carboxylic acid groups (broad SMARTS) is 1. The summed E-state index contributed by atoms with van der Waals surface area (Å²) in [6, 6.07) is 4.59. The van der Waals surface area contributed by atoms with E-state index in [1.165, 1.54) is 12.1 Å². The molecule has 2 bridgehead atoms. The summed E-state index contributed by atoms with van der Waals surface area (Å²) in [5, 5.41) is 20.4. The molecule has 20 heavy (non-hydrogen) atoms. The first-order chi connectivity index (χ1) is 9.49. The molecule has 0 amide bonds. The van der Waals surface area contributed by atoms with Gasteiger partial charge >= 0.3 is 5.97 Å². The highest BCUT2D eigenvalue weighted by Crippen LogP contribution is 2.53. The number of fused-ring (bicyclic) bond motifs is 2. The van der Waals surface area contributed by atoms with Crippen LogP contribution in [0, 0.1) is 27.9 Å². The highest BCUT2D eigenvalue weighted by Gasteiger charge is 2.49. The summed E-state index contributed by atoms with van der Waals surface area (Å²) >= 11 is 5.80. The normalized spacial score (nSPS) is 30.6. The summed E-state index contributed by atoms with van der Waals surface area (Å²) in [4.78, 5) is 21.9. The Labute approximate surface area is 120 Å². The first-order valence-corrected chi connectivity index (χ1v) is 6.72. The van der Waals surface area contributed by atoms with Crippen LogP contribution in [0.1, 0.15) is 17.9 Å². The molecule has 2 aliphatic carbocycles. The maximum absolute atomic E-state index is 11.5. The molecule has 0 aliphatic heterocycles. The molecule has 4 unspecified atom stereocenters. The van der Waals surface area contributed by atoms with Gasteiger partial charge in [0.1, 0.15) is 5.02 Å². The lowest BCUT2D eigenvalue weighted by molar-refractivity contribution is -0.384. The van der Waals surface area contributed by atoms with Gasteiger partial charge in [-0.3, -0.25) is 14.9 Å². The Morgan fingerprint density at radius 2 is 2.05 bits per heavy atom. The minimum atomic E-state index is -0.843. The van der Waals surface area contributed by atoms with E-state index in [-0.39, 0.29) is 28.5 Å². The van der Waals surface area contributed by atoms with Gasteiger partial charge in [-0.2, -0.15) is 0 Å². The topological polar surface area (TPSA) is 80.4 Å². The third-order valence-corrected chi connectivity index (χ3v) is 4.62. The molecule has 4 atom stereocenters. The summed E-state index contributed by atoms with van der Waals surface area (Å²) in [7, 11) is 0. The minimum absolute atomic E-state index is 0.0252. The van der Waals surface area contributed by atoms with Crippen LogP contribution in [0.25, 0.3) is 0 Å². The van der Waals surface area contributed by atoms with E-state index in [1.807, 2.05) is 12.2 Å². The van der Waals surface area contributed by atoms with E-state index in [1.54, 1.807) is 6.07 Å². The quantitative estimate of drug-likeness (QED) is 0.527. The maximum atomic E-state index is 11.5. The van der Waals surface area contributed by atoms with Gasteiger partial charge in [-0.1, -0.05) is 29.8 Å². The van der Waals surface area contributed by atoms with Gasteiger partial charge in [0.25, 0.3) is 5.69 Å². The molecule has 0 saturated heterocycles. The van der Waals surface area contributed by atoms with Crippen molar-refractivity contribution in [2.75, 3.05) is 0 Å². The number of nitrogens with zero attached hydrogens (tertiary/aromatic N) is 1. The van der Waals surface area contributed by atoms with Crippen LogP contribution in [0.3, 0.4) is 0 Å². The van der Waals surface area contributed by atoms with Gasteiger partial charge in [-0.15, -0.1) is 0 Å². The standard InChI is InChI=1S/C14H12ClNO4/c15-10-4-3-9(6-11(10)16(19)20)12-7-1-2-8(5-7)13(12)14(17)18/h1-4,6-8,12-13H,5H2,(H,17,18). The van der Waals surface area contributed by atoms with Crippen molar-refractivity contribution in [1.29, 1.82) is 0 Å². The smallest absolute Gasteiger partial charge is 0.307 e. The zero-order valence-corrected chi connectivity index (χ0v) is 11.2. The highest BCUT2D eigenvalue weighted by molar-refractivity contribution is 6.32. The summed E-state index contributed by atoms with van der Waals surface area (Å²) in [6.07, 6.45) is 4.78. The fraction of sp³-hybridized carbons (Fsp3) is 0.357. The Bertz CT molecular complexity index is 628. The van der Waals surface area contributed by atoms with Crippen LogP contribution in [0.4, 0.5) is 5.69 Å². The first kappa shape index (κ1) is 13.1. The van der Waals surface area contributed by atoms with Gasteiger partial charge < -0.3 is 5.11 Å². The molecule has 0 aromatic heterocycles. The van der Waals surface area contributed by atoms with Crippen LogP contribution in [0.5, 0.6) is 0 Å². The minimum Gasteiger partial charge on any atom is -0.481 e. The number of benzene rings is 1. The van der Waals surface area contributed by atoms with E-state index in [9.17, 15) is 20.0 Å². The van der Waals surface area contributed by atoms with Crippen molar-refractivity contribution >= 4 is 23.3 Å². The van der Waals surface area contributed by atoms with Crippen molar-refractivity contribution in [3.05, 3.63) is 51.1 Å². The summed E-state index contributed by atoms with van der Waals surface area (Å²) in [6.45, 7) is 0. The Kier molecular flexibility index (Phi) is 3.01. The molecule has 6 heteroatoms. The number of carboxylic acids is 1. The lowest BCUT2D eigenvalue weighted by atomic mass is 9.78. The Balaban J connectivity index is 2.04. The van der Waals surface area contributed by atoms with Gasteiger partial charge in [0.05, 0.1) is 10.8 Å². The third kappa shape index (κ3) is 1.89. The third-order valence-electron chi connectivity index (χ3n) is 4.30. The van der Waals surface area contributed by atoms with Gasteiger partial charge in [0, 0.05) is 12.0 Å². The van der Waals surface area contributed by atoms with E-state index < -0.39 is 16.8 Å². The van der Waals surface area contributed by atoms with Gasteiger partial charge in [-0.25, -0.2) is 0 Å². The van der Waals surface area contributed by atoms with Crippen LogP contribution in [-0.2, 0) is 4.79 Å². The summed E-state index contributed by atoms with van der Waals surface area (Å²) in [5.41, 5.74) is 0.519. The fourth-order valence-corrected chi connectivity index (χ4v) is 3.68. The monoisotopic (exact) mass is 293 g/mol. The van der Waals surface area contributed by atoms with E-state index in [4.69, 9.17) is 11.6 Å². The van der Waals surface area contributed by atoms with Crippen LogP contribution in [0.2, 0.25) is 5.02 Å². The molecule has 0 radical (unpaired) electrons. The molecule has 104 valence electrons. The molecule has 3 rings (SSSR count). The van der Waals surface area contributed by atoms with Crippen LogP contribution < -0.4 is 0 Å². The van der Waals surface area contributed by atoms with Gasteiger partial charge in [0.15, 0.2) is 0 Å². The second-order valence-electron chi connectivity index (χ2n) is 5.31. The largest absolute Gasteiger partial charge is 0.481 e. The van der Waals surface area contributed by atoms with Crippen LogP contribution in [-0.4, -0.2) is 16.0 Å². The van der Waals surface area contributed by atoms with Crippen LogP contribution >= 0.6 is 11.6 Å². The molecule has 2 aliphatic rings. The lowest BCUT2D eigenvalue weighted by Gasteiger charge is -2.25. The van der Waals surface area contributed by atoms with Crippen molar-refractivity contribution < 1.29 is 14.8 Å². The average Bonchev–Trinajstić information content (AvgIpc) is 2.99. The second kappa shape index (κ2) is 4.59. The zero-order chi connectivity index (χ0) is 14.4. The van der Waals surface area contributed by atoms with Crippen molar-refractivity contribution in [2.45, 2.75) is 12.3 Å². The number of halogens is 1. The molecule has 1 N–H and O–H groups in total. The summed E-state index contributed by atoms with van der Waals surface area (Å²) < 4.78 is 0. The number of nitro benzene ring substituents is 1. The molecule has 1 aromatic carbocycles. The number of hydrogen-bond donors (Lipinski definition) is 1. The Morgan fingerprint density at radius 1 is 1.35 bits per heavy atom. The van der Waals surface area contributed by atoms with Gasteiger partial charge in [-0.05, 0) is 29.9 Å². The van der Waals surface area contributed by atoms with E-state index in [0.29, 0.717) is 5.56 Å². The van der Waals surface area contributed by atoms with E-state index >= 15 is 0 Å².